The van der Waals surface area contributed by atoms with E-state index in [2.05, 4.69) is 4.98 Å². The van der Waals surface area contributed by atoms with E-state index in [0.717, 1.165) is 6.07 Å². The molecule has 0 radical (unpaired) electrons. The van der Waals surface area contributed by atoms with Gasteiger partial charge in [-0.3, -0.25) is 10.1 Å². The molecule has 1 aromatic rings. The van der Waals surface area contributed by atoms with Crippen LogP contribution >= 0.6 is 22.6 Å². The summed E-state index contributed by atoms with van der Waals surface area (Å²) in [6.07, 6.45) is -3.03. The first-order valence-corrected chi connectivity index (χ1v) is 4.78. The van der Waals surface area contributed by atoms with Crippen LogP contribution in [0.2, 0.25) is 0 Å². The second-order valence-electron chi connectivity index (χ2n) is 2.54. The van der Waals surface area contributed by atoms with Crippen LogP contribution in [0, 0.1) is 13.8 Å². The van der Waals surface area contributed by atoms with Gasteiger partial charge in [0.05, 0.1) is 17.2 Å². The van der Waals surface area contributed by atoms with Crippen LogP contribution < -0.4 is 0 Å². The Balaban J connectivity index is 3.47. The summed E-state index contributed by atoms with van der Waals surface area (Å²) in [6, 6.07) is 0.946. The Morgan fingerprint density at radius 1 is 1.67 bits per heavy atom. The number of nitro groups is 1. The van der Waals surface area contributed by atoms with E-state index in [1.54, 1.807) is 22.6 Å². The fourth-order valence-corrected chi connectivity index (χ4v) is 1.66. The molecule has 0 bridgehead atoms. The lowest BCUT2D eigenvalue weighted by Crippen LogP contribution is -2.05. The summed E-state index contributed by atoms with van der Waals surface area (Å²) >= 11 is 1.66. The monoisotopic (exact) mass is 330 g/mol. The van der Waals surface area contributed by atoms with Gasteiger partial charge in [-0.05, 0) is 22.6 Å². The minimum atomic E-state index is -3.03. The number of aromatic nitrogens is 1. The summed E-state index contributed by atoms with van der Waals surface area (Å²) in [7, 11) is 0. The van der Waals surface area contributed by atoms with E-state index in [9.17, 15) is 18.9 Å². The normalized spacial score (nSPS) is 10.7. The third-order valence-corrected chi connectivity index (χ3v) is 2.20. The molecule has 0 unspecified atom stereocenters. The van der Waals surface area contributed by atoms with Crippen LogP contribution in [0.15, 0.2) is 6.07 Å². The van der Waals surface area contributed by atoms with Gasteiger partial charge in [0, 0.05) is 6.07 Å². The van der Waals surface area contributed by atoms with Crippen LogP contribution in [-0.2, 0) is 6.61 Å². The van der Waals surface area contributed by atoms with E-state index >= 15 is 0 Å². The Bertz CT molecular complexity index is 400. The zero-order chi connectivity index (χ0) is 11.6. The maximum absolute atomic E-state index is 12.5. The van der Waals surface area contributed by atoms with E-state index < -0.39 is 29.2 Å². The number of hydrogen-bond donors (Lipinski definition) is 1. The summed E-state index contributed by atoms with van der Waals surface area (Å²) in [5.74, 6) is 0. The first kappa shape index (κ1) is 12.2. The van der Waals surface area contributed by atoms with Crippen molar-refractivity contribution in [3.05, 3.63) is 31.1 Å². The molecule has 0 aromatic carbocycles. The topological polar surface area (TPSA) is 76.3 Å². The number of pyridine rings is 1. The van der Waals surface area contributed by atoms with Crippen molar-refractivity contribution in [2.24, 2.45) is 0 Å². The van der Waals surface area contributed by atoms with Gasteiger partial charge in [-0.15, -0.1) is 0 Å². The molecule has 0 spiro atoms. The Kier molecular flexibility index (Phi) is 3.85. The molecule has 1 rings (SSSR count). The lowest BCUT2D eigenvalue weighted by molar-refractivity contribution is -0.386. The van der Waals surface area contributed by atoms with Gasteiger partial charge in [0.25, 0.3) is 12.1 Å². The first-order chi connectivity index (χ1) is 6.97. The quantitative estimate of drug-likeness (QED) is 0.398. The molecule has 82 valence electrons. The number of nitrogens with zero attached hydrogens (tertiary/aromatic N) is 2. The van der Waals surface area contributed by atoms with E-state index in [-0.39, 0.29) is 9.39 Å². The van der Waals surface area contributed by atoms with Gasteiger partial charge in [-0.1, -0.05) is 0 Å². The van der Waals surface area contributed by atoms with Crippen LogP contribution in [0.3, 0.4) is 0 Å². The van der Waals surface area contributed by atoms with Crippen molar-refractivity contribution in [2.45, 2.75) is 13.0 Å². The van der Waals surface area contributed by atoms with Gasteiger partial charge >= 0.3 is 0 Å². The molecule has 0 saturated heterocycles. The fourth-order valence-electron chi connectivity index (χ4n) is 1.07. The van der Waals surface area contributed by atoms with E-state index in [4.69, 9.17) is 5.11 Å². The number of alkyl halides is 2. The zero-order valence-electron chi connectivity index (χ0n) is 7.15. The molecule has 0 fully saturated rings. The molecule has 0 aliphatic heterocycles. The van der Waals surface area contributed by atoms with Crippen LogP contribution in [0.5, 0.6) is 0 Å². The molecule has 5 nitrogen and oxygen atoms in total. The third kappa shape index (κ3) is 2.56. The Morgan fingerprint density at radius 2 is 2.27 bits per heavy atom. The summed E-state index contributed by atoms with van der Waals surface area (Å²) < 4.78 is 25.2. The smallest absolute Gasteiger partial charge is 0.282 e. The minimum absolute atomic E-state index is 0.188. The predicted octanol–water partition coefficient (Wildman–Crippen LogP) is 2.02. The first-order valence-electron chi connectivity index (χ1n) is 3.70. The standard InChI is InChI=1S/C7H5F2IN2O3/c8-7(9)6-3(2-13)11-5(10)1-4(6)12(14)15/h1,7,13H,2H2. The van der Waals surface area contributed by atoms with Crippen molar-refractivity contribution < 1.29 is 18.8 Å². The maximum Gasteiger partial charge on any atom is 0.282 e. The molecule has 1 heterocycles. The zero-order valence-corrected chi connectivity index (χ0v) is 9.31. The molecular weight excluding hydrogens is 325 g/mol. The summed E-state index contributed by atoms with van der Waals surface area (Å²) in [6.45, 7) is -0.753. The van der Waals surface area contributed by atoms with Gasteiger partial charge in [0.2, 0.25) is 0 Å². The number of halogens is 3. The van der Waals surface area contributed by atoms with Crippen molar-refractivity contribution >= 4 is 28.3 Å². The number of aliphatic hydroxyl groups is 1. The van der Waals surface area contributed by atoms with Gasteiger partial charge < -0.3 is 5.11 Å². The molecule has 0 aliphatic carbocycles. The summed E-state index contributed by atoms with van der Waals surface area (Å²) in [5.41, 5.74) is -1.89. The highest BCUT2D eigenvalue weighted by Gasteiger charge is 2.27. The second-order valence-corrected chi connectivity index (χ2v) is 3.65. The molecular formula is C7H5F2IN2O3. The van der Waals surface area contributed by atoms with E-state index in [0.29, 0.717) is 0 Å². The largest absolute Gasteiger partial charge is 0.390 e. The lowest BCUT2D eigenvalue weighted by Gasteiger charge is -2.06. The van der Waals surface area contributed by atoms with Gasteiger partial charge in [0.15, 0.2) is 0 Å². The molecule has 15 heavy (non-hydrogen) atoms. The average Bonchev–Trinajstić information content (AvgIpc) is 2.15. The highest BCUT2D eigenvalue weighted by Crippen LogP contribution is 2.32. The SMILES string of the molecule is O=[N+]([O-])c1cc(I)nc(CO)c1C(F)F. The van der Waals surface area contributed by atoms with Crippen molar-refractivity contribution in [1.29, 1.82) is 0 Å². The van der Waals surface area contributed by atoms with Gasteiger partial charge in [-0.25, -0.2) is 13.8 Å². The predicted molar refractivity (Wildman–Crippen MR) is 54.5 cm³/mol. The molecule has 1 aromatic heterocycles. The number of aliphatic hydroxyl groups excluding tert-OH is 1. The Labute approximate surface area is 96.4 Å². The highest BCUT2D eigenvalue weighted by molar-refractivity contribution is 14.1. The van der Waals surface area contributed by atoms with Crippen LogP contribution in [-0.4, -0.2) is 15.0 Å². The average molecular weight is 330 g/mol. The third-order valence-electron chi connectivity index (χ3n) is 1.65. The number of hydrogen-bond acceptors (Lipinski definition) is 4. The van der Waals surface area contributed by atoms with E-state index in [1.807, 2.05) is 0 Å². The van der Waals surface area contributed by atoms with E-state index in [1.165, 1.54) is 0 Å². The fraction of sp³-hybridized carbons (Fsp3) is 0.286. The summed E-state index contributed by atoms with van der Waals surface area (Å²) in [5, 5.41) is 19.3. The lowest BCUT2D eigenvalue weighted by atomic mass is 10.1. The minimum Gasteiger partial charge on any atom is -0.390 e. The summed E-state index contributed by atoms with van der Waals surface area (Å²) in [4.78, 5) is 13.2. The molecule has 0 saturated carbocycles. The van der Waals surface area contributed by atoms with Gasteiger partial charge in [0.1, 0.15) is 9.26 Å². The second kappa shape index (κ2) is 4.75. The Hall–Kier alpha value is -0.900. The highest BCUT2D eigenvalue weighted by atomic mass is 127. The van der Waals surface area contributed by atoms with Crippen molar-refractivity contribution in [3.8, 4) is 0 Å². The number of rotatable bonds is 3. The molecule has 0 amide bonds. The van der Waals surface area contributed by atoms with Gasteiger partial charge in [-0.2, -0.15) is 0 Å². The maximum atomic E-state index is 12.5. The molecule has 1 N–H and O–H groups in total. The van der Waals surface area contributed by atoms with Crippen molar-refractivity contribution in [1.82, 2.24) is 4.98 Å². The Morgan fingerprint density at radius 3 is 2.67 bits per heavy atom. The van der Waals surface area contributed by atoms with Crippen molar-refractivity contribution in [2.75, 3.05) is 0 Å². The molecule has 0 aliphatic rings. The van der Waals surface area contributed by atoms with Crippen LogP contribution in [0.1, 0.15) is 17.7 Å². The van der Waals surface area contributed by atoms with Crippen LogP contribution in [0.25, 0.3) is 0 Å². The van der Waals surface area contributed by atoms with Crippen LogP contribution in [0.4, 0.5) is 14.5 Å². The van der Waals surface area contributed by atoms with Crippen molar-refractivity contribution in [3.63, 3.8) is 0 Å². The molecule has 0 atom stereocenters. The molecule has 8 heteroatoms.